The summed E-state index contributed by atoms with van der Waals surface area (Å²) in [5, 5.41) is 12.9. The van der Waals surface area contributed by atoms with Crippen LogP contribution in [-0.4, -0.2) is 48.9 Å². The van der Waals surface area contributed by atoms with E-state index in [-0.39, 0.29) is 5.97 Å². The van der Waals surface area contributed by atoms with E-state index in [2.05, 4.69) is 10.1 Å². The zero-order chi connectivity index (χ0) is 12.6. The molecule has 0 aliphatic heterocycles. The maximum atomic E-state index is 11.0. The van der Waals surface area contributed by atoms with Crippen molar-refractivity contribution >= 4 is 17.7 Å². The Hall–Kier alpha value is -0.520. The van der Waals surface area contributed by atoms with Gasteiger partial charge in [0.25, 0.3) is 0 Å². The molecular weight excluding hydrogens is 226 g/mol. The summed E-state index contributed by atoms with van der Waals surface area (Å²) < 4.78 is 4.56. The van der Waals surface area contributed by atoms with Crippen LogP contribution in [0.15, 0.2) is 11.6 Å². The zero-order valence-electron chi connectivity index (χ0n) is 10.4. The third-order valence-electron chi connectivity index (χ3n) is 2.02. The second-order valence-corrected chi connectivity index (χ2v) is 4.81. The van der Waals surface area contributed by atoms with Gasteiger partial charge in [-0.25, -0.2) is 4.79 Å². The molecule has 0 spiro atoms. The first kappa shape index (κ1) is 15.5. The van der Waals surface area contributed by atoms with Crippen molar-refractivity contribution in [3.8, 4) is 0 Å². The summed E-state index contributed by atoms with van der Waals surface area (Å²) in [5.74, 6) is 0.359. The molecule has 0 aromatic rings. The van der Waals surface area contributed by atoms with Gasteiger partial charge in [0.05, 0.1) is 12.7 Å². The third-order valence-corrected chi connectivity index (χ3v) is 2.93. The average Bonchev–Trinajstić information content (AvgIpc) is 2.22. The van der Waals surface area contributed by atoms with Crippen LogP contribution in [0.4, 0.5) is 0 Å². The Labute approximate surface area is 101 Å². The molecule has 0 fully saturated rings. The topological polar surface area (TPSA) is 58.6 Å². The van der Waals surface area contributed by atoms with Crippen molar-refractivity contribution in [2.75, 3.05) is 32.2 Å². The number of thioether (sulfide) groups is 1. The Balaban J connectivity index is 3.87. The first-order chi connectivity index (χ1) is 7.43. The number of carbonyl (C=O) groups is 1. The van der Waals surface area contributed by atoms with Crippen molar-refractivity contribution in [1.29, 1.82) is 0 Å². The summed E-state index contributed by atoms with van der Waals surface area (Å²) >= 11 is 1.60. The van der Waals surface area contributed by atoms with Crippen LogP contribution in [-0.2, 0) is 9.53 Å². The quantitative estimate of drug-likeness (QED) is 0.396. The molecule has 0 saturated heterocycles. The number of nitrogens with one attached hydrogen (secondary N) is 1. The fourth-order valence-electron chi connectivity index (χ4n) is 1.17. The summed E-state index contributed by atoms with van der Waals surface area (Å²) in [7, 11) is 1.36. The fourth-order valence-corrected chi connectivity index (χ4v) is 1.90. The van der Waals surface area contributed by atoms with Crippen molar-refractivity contribution in [2.24, 2.45) is 0 Å². The smallest absolute Gasteiger partial charge is 0.333 e. The molecule has 0 aliphatic carbocycles. The van der Waals surface area contributed by atoms with Gasteiger partial charge < -0.3 is 15.2 Å². The molecule has 0 saturated carbocycles. The predicted molar refractivity (Wildman–Crippen MR) is 67.6 cm³/mol. The molecule has 5 heteroatoms. The first-order valence-electron chi connectivity index (χ1n) is 5.10. The van der Waals surface area contributed by atoms with E-state index in [9.17, 15) is 9.90 Å². The van der Waals surface area contributed by atoms with E-state index in [1.165, 1.54) is 7.11 Å². The standard InChI is InChI=1S/C11H21NO3S/c1-9(10(13)15-3)5-6-12-7-11(2,14)8-16-4/h5,12,14H,6-8H2,1-4H3. The van der Waals surface area contributed by atoms with Crippen molar-refractivity contribution in [3.05, 3.63) is 11.6 Å². The van der Waals surface area contributed by atoms with Crippen molar-refractivity contribution in [2.45, 2.75) is 19.4 Å². The van der Waals surface area contributed by atoms with E-state index in [0.29, 0.717) is 24.4 Å². The molecule has 2 N–H and O–H groups in total. The summed E-state index contributed by atoms with van der Waals surface area (Å²) in [6, 6.07) is 0. The molecule has 0 radical (unpaired) electrons. The maximum absolute atomic E-state index is 11.0. The number of hydrogen-bond acceptors (Lipinski definition) is 5. The lowest BCUT2D eigenvalue weighted by Crippen LogP contribution is -2.40. The number of aliphatic hydroxyl groups is 1. The highest BCUT2D eigenvalue weighted by Gasteiger charge is 2.18. The van der Waals surface area contributed by atoms with Crippen LogP contribution in [0.25, 0.3) is 0 Å². The van der Waals surface area contributed by atoms with Crippen molar-refractivity contribution in [3.63, 3.8) is 0 Å². The SMILES string of the molecule is COC(=O)C(C)=CCNCC(C)(O)CSC. The lowest BCUT2D eigenvalue weighted by molar-refractivity contribution is -0.136. The number of rotatable bonds is 7. The van der Waals surface area contributed by atoms with E-state index >= 15 is 0 Å². The van der Waals surface area contributed by atoms with Gasteiger partial charge >= 0.3 is 5.97 Å². The minimum absolute atomic E-state index is 0.322. The minimum atomic E-state index is -0.716. The number of methoxy groups -OCH3 is 1. The Morgan fingerprint density at radius 1 is 1.62 bits per heavy atom. The summed E-state index contributed by atoms with van der Waals surface area (Å²) in [6.45, 7) is 4.53. The second-order valence-electron chi connectivity index (χ2n) is 3.94. The fraction of sp³-hybridized carbons (Fsp3) is 0.727. The lowest BCUT2D eigenvalue weighted by atomic mass is 10.1. The van der Waals surface area contributed by atoms with Gasteiger partial charge in [-0.3, -0.25) is 0 Å². The maximum Gasteiger partial charge on any atom is 0.333 e. The Kier molecular flexibility index (Phi) is 7.45. The Bertz CT molecular complexity index is 252. The molecule has 0 aromatic carbocycles. The first-order valence-corrected chi connectivity index (χ1v) is 6.49. The van der Waals surface area contributed by atoms with Gasteiger partial charge in [-0.15, -0.1) is 0 Å². The lowest BCUT2D eigenvalue weighted by Gasteiger charge is -2.22. The molecule has 1 unspecified atom stereocenters. The summed E-state index contributed by atoms with van der Waals surface area (Å²) in [6.07, 6.45) is 3.71. The van der Waals surface area contributed by atoms with Gasteiger partial charge in [0.1, 0.15) is 0 Å². The van der Waals surface area contributed by atoms with Gasteiger partial charge in [0.15, 0.2) is 0 Å². The van der Waals surface area contributed by atoms with Crippen molar-refractivity contribution in [1.82, 2.24) is 5.32 Å². The zero-order valence-corrected chi connectivity index (χ0v) is 11.2. The number of esters is 1. The van der Waals surface area contributed by atoms with E-state index in [0.717, 1.165) is 0 Å². The Morgan fingerprint density at radius 2 is 2.25 bits per heavy atom. The van der Waals surface area contributed by atoms with E-state index in [4.69, 9.17) is 0 Å². The van der Waals surface area contributed by atoms with E-state index < -0.39 is 5.60 Å². The van der Waals surface area contributed by atoms with Crippen LogP contribution < -0.4 is 5.32 Å². The monoisotopic (exact) mass is 247 g/mol. The number of carbonyl (C=O) groups excluding carboxylic acids is 1. The van der Waals surface area contributed by atoms with Crippen molar-refractivity contribution < 1.29 is 14.6 Å². The van der Waals surface area contributed by atoms with Gasteiger partial charge in [-0.05, 0) is 20.1 Å². The normalized spacial score (nSPS) is 15.7. The predicted octanol–water partition coefficient (Wildman–Crippen LogP) is 0.809. The molecule has 0 bridgehead atoms. The Morgan fingerprint density at radius 3 is 2.75 bits per heavy atom. The molecule has 0 heterocycles. The number of ether oxygens (including phenoxy) is 1. The highest BCUT2D eigenvalue weighted by atomic mass is 32.2. The van der Waals surface area contributed by atoms with Crippen LogP contribution in [0.1, 0.15) is 13.8 Å². The summed E-state index contributed by atoms with van der Waals surface area (Å²) in [4.78, 5) is 11.0. The molecule has 16 heavy (non-hydrogen) atoms. The van der Waals surface area contributed by atoms with E-state index in [1.807, 2.05) is 6.26 Å². The van der Waals surface area contributed by atoms with E-state index in [1.54, 1.807) is 31.7 Å². The molecule has 0 amide bonds. The van der Waals surface area contributed by atoms with Crippen LogP contribution in [0, 0.1) is 0 Å². The van der Waals surface area contributed by atoms with Gasteiger partial charge in [0, 0.05) is 24.4 Å². The molecule has 1 atom stereocenters. The van der Waals surface area contributed by atoms with Crippen LogP contribution in [0.2, 0.25) is 0 Å². The molecule has 4 nitrogen and oxygen atoms in total. The molecule has 0 aromatic heterocycles. The highest BCUT2D eigenvalue weighted by molar-refractivity contribution is 7.98. The third kappa shape index (κ3) is 6.87. The summed E-state index contributed by atoms with van der Waals surface area (Å²) in [5.41, 5.74) is -0.147. The largest absolute Gasteiger partial charge is 0.466 e. The molecule has 0 aliphatic rings. The van der Waals surface area contributed by atoms with Gasteiger partial charge in [0.2, 0.25) is 0 Å². The second kappa shape index (κ2) is 7.70. The average molecular weight is 247 g/mol. The van der Waals surface area contributed by atoms with Crippen LogP contribution in [0.5, 0.6) is 0 Å². The van der Waals surface area contributed by atoms with Gasteiger partial charge in [-0.2, -0.15) is 11.8 Å². The minimum Gasteiger partial charge on any atom is -0.466 e. The van der Waals surface area contributed by atoms with Crippen LogP contribution >= 0.6 is 11.8 Å². The molecular formula is C11H21NO3S. The molecule has 94 valence electrons. The van der Waals surface area contributed by atoms with Crippen LogP contribution in [0.3, 0.4) is 0 Å². The van der Waals surface area contributed by atoms with Gasteiger partial charge in [-0.1, -0.05) is 6.08 Å². The molecule has 0 rings (SSSR count). The highest BCUT2D eigenvalue weighted by Crippen LogP contribution is 2.08. The number of hydrogen-bond donors (Lipinski definition) is 2.